The molecule has 0 radical (unpaired) electrons. The average molecular weight is 253 g/mol. The third-order valence-electron chi connectivity index (χ3n) is 2.29. The van der Waals surface area contributed by atoms with Gasteiger partial charge in [-0.1, -0.05) is 11.6 Å². The number of aromatic nitrogens is 1. The van der Waals surface area contributed by atoms with Crippen molar-refractivity contribution < 1.29 is 9.18 Å². The van der Waals surface area contributed by atoms with Crippen LogP contribution in [0.25, 0.3) is 0 Å². The van der Waals surface area contributed by atoms with Gasteiger partial charge in [0.1, 0.15) is 5.82 Å². The molecule has 88 valence electrons. The third kappa shape index (κ3) is 2.85. The number of halogens is 2. The number of hydrogen-bond donors (Lipinski definition) is 2. The summed E-state index contributed by atoms with van der Waals surface area (Å²) >= 11 is 5.71. The lowest BCUT2D eigenvalue weighted by Gasteiger charge is -2.05. The summed E-state index contributed by atoms with van der Waals surface area (Å²) in [5, 5.41) is 2.94. The lowest BCUT2D eigenvalue weighted by Crippen LogP contribution is -2.23. The van der Waals surface area contributed by atoms with E-state index < -0.39 is 11.7 Å². The van der Waals surface area contributed by atoms with Gasteiger partial charge in [0.25, 0.3) is 5.91 Å². The highest BCUT2D eigenvalue weighted by Crippen LogP contribution is 2.14. The Morgan fingerprint density at radius 2 is 2.24 bits per heavy atom. The first-order valence-corrected chi connectivity index (χ1v) is 5.39. The molecular weight excluding hydrogens is 243 g/mol. The minimum atomic E-state index is -0.582. The largest absolute Gasteiger partial charge is 0.367 e. The maximum atomic E-state index is 13.4. The van der Waals surface area contributed by atoms with Gasteiger partial charge >= 0.3 is 0 Å². The van der Waals surface area contributed by atoms with E-state index in [0.717, 1.165) is 5.56 Å². The number of carbonyl (C=O) groups excluding carboxylic acids is 1. The number of rotatable bonds is 3. The summed E-state index contributed by atoms with van der Waals surface area (Å²) in [6.07, 6.45) is 3.51. The molecule has 5 heteroatoms. The van der Waals surface area contributed by atoms with Gasteiger partial charge in [-0.2, -0.15) is 0 Å². The summed E-state index contributed by atoms with van der Waals surface area (Å²) in [5.74, 6) is -1.06. The van der Waals surface area contributed by atoms with Crippen LogP contribution in [-0.2, 0) is 6.54 Å². The maximum absolute atomic E-state index is 13.4. The number of nitrogens with one attached hydrogen (secondary N) is 2. The molecule has 0 atom stereocenters. The van der Waals surface area contributed by atoms with Crippen LogP contribution in [0.1, 0.15) is 15.9 Å². The maximum Gasteiger partial charge on any atom is 0.254 e. The van der Waals surface area contributed by atoms with Gasteiger partial charge in [-0.3, -0.25) is 4.79 Å². The minimum Gasteiger partial charge on any atom is -0.367 e. The summed E-state index contributed by atoms with van der Waals surface area (Å²) < 4.78 is 13.4. The lowest BCUT2D eigenvalue weighted by molar-refractivity contribution is 0.0947. The SMILES string of the molecule is O=C(NCc1cc[nH]c1)c1cc(Cl)ccc1F. The topological polar surface area (TPSA) is 44.9 Å². The van der Waals surface area contributed by atoms with E-state index >= 15 is 0 Å². The van der Waals surface area contributed by atoms with Gasteiger partial charge in [-0.05, 0) is 29.8 Å². The second kappa shape index (κ2) is 5.01. The second-order valence-electron chi connectivity index (χ2n) is 3.53. The van der Waals surface area contributed by atoms with Crippen LogP contribution in [-0.4, -0.2) is 10.9 Å². The second-order valence-corrected chi connectivity index (χ2v) is 3.96. The molecule has 0 fully saturated rings. The van der Waals surface area contributed by atoms with Crippen LogP contribution in [0.15, 0.2) is 36.7 Å². The molecule has 1 amide bonds. The summed E-state index contributed by atoms with van der Waals surface area (Å²) in [6, 6.07) is 5.71. The molecule has 0 aliphatic rings. The Kier molecular flexibility index (Phi) is 3.44. The van der Waals surface area contributed by atoms with E-state index in [1.54, 1.807) is 12.4 Å². The fraction of sp³-hybridized carbons (Fsp3) is 0.0833. The molecule has 0 bridgehead atoms. The number of amides is 1. The van der Waals surface area contributed by atoms with Crippen molar-refractivity contribution in [1.29, 1.82) is 0 Å². The average Bonchev–Trinajstić information content (AvgIpc) is 2.82. The molecule has 0 unspecified atom stereocenters. The number of carbonyl (C=O) groups is 1. The molecule has 3 nitrogen and oxygen atoms in total. The predicted molar refractivity (Wildman–Crippen MR) is 63.4 cm³/mol. The van der Waals surface area contributed by atoms with Crippen molar-refractivity contribution in [2.75, 3.05) is 0 Å². The third-order valence-corrected chi connectivity index (χ3v) is 2.52. The molecule has 0 aliphatic carbocycles. The van der Waals surface area contributed by atoms with Crippen molar-refractivity contribution in [2.45, 2.75) is 6.54 Å². The molecule has 1 aromatic heterocycles. The highest BCUT2D eigenvalue weighted by atomic mass is 35.5. The van der Waals surface area contributed by atoms with E-state index in [4.69, 9.17) is 11.6 Å². The van der Waals surface area contributed by atoms with Gasteiger partial charge in [0.15, 0.2) is 0 Å². The molecule has 2 N–H and O–H groups in total. The molecule has 0 aliphatic heterocycles. The fourth-order valence-corrected chi connectivity index (χ4v) is 1.59. The Hall–Kier alpha value is -1.81. The van der Waals surface area contributed by atoms with E-state index in [1.165, 1.54) is 18.2 Å². The van der Waals surface area contributed by atoms with Gasteiger partial charge in [-0.25, -0.2) is 4.39 Å². The van der Waals surface area contributed by atoms with Crippen molar-refractivity contribution in [3.8, 4) is 0 Å². The van der Waals surface area contributed by atoms with E-state index in [0.29, 0.717) is 11.6 Å². The van der Waals surface area contributed by atoms with Crippen LogP contribution in [0.2, 0.25) is 5.02 Å². The Balaban J connectivity index is 2.07. The Bertz CT molecular complexity index is 525. The number of H-pyrrole nitrogens is 1. The van der Waals surface area contributed by atoms with E-state index in [1.807, 2.05) is 6.07 Å². The molecule has 2 aromatic rings. The first-order chi connectivity index (χ1) is 8.16. The molecule has 0 spiro atoms. The van der Waals surface area contributed by atoms with Crippen LogP contribution >= 0.6 is 11.6 Å². The zero-order valence-electron chi connectivity index (χ0n) is 8.84. The monoisotopic (exact) mass is 252 g/mol. The summed E-state index contributed by atoms with van der Waals surface area (Å²) in [4.78, 5) is 14.6. The van der Waals surface area contributed by atoms with Gasteiger partial charge in [0, 0.05) is 24.0 Å². The molecule has 17 heavy (non-hydrogen) atoms. The normalized spacial score (nSPS) is 10.2. The molecular formula is C12H10ClFN2O. The van der Waals surface area contributed by atoms with Crippen LogP contribution in [0.3, 0.4) is 0 Å². The zero-order valence-corrected chi connectivity index (χ0v) is 9.59. The van der Waals surface area contributed by atoms with E-state index in [2.05, 4.69) is 10.3 Å². The van der Waals surface area contributed by atoms with Gasteiger partial charge in [-0.15, -0.1) is 0 Å². The minimum absolute atomic E-state index is 0.0481. The van der Waals surface area contributed by atoms with Gasteiger partial charge in [0.05, 0.1) is 5.56 Å². The molecule has 1 heterocycles. The van der Waals surface area contributed by atoms with E-state index in [-0.39, 0.29) is 5.56 Å². The Morgan fingerprint density at radius 1 is 1.41 bits per heavy atom. The first-order valence-electron chi connectivity index (χ1n) is 5.02. The predicted octanol–water partition coefficient (Wildman–Crippen LogP) is 2.74. The highest BCUT2D eigenvalue weighted by Gasteiger charge is 2.11. The number of aromatic amines is 1. The van der Waals surface area contributed by atoms with Crippen molar-refractivity contribution in [3.05, 3.63) is 58.6 Å². The van der Waals surface area contributed by atoms with Crippen LogP contribution in [0, 0.1) is 5.82 Å². The summed E-state index contributed by atoms with van der Waals surface area (Å²) in [6.45, 7) is 0.342. The zero-order chi connectivity index (χ0) is 12.3. The molecule has 2 rings (SSSR count). The highest BCUT2D eigenvalue weighted by molar-refractivity contribution is 6.30. The smallest absolute Gasteiger partial charge is 0.254 e. The van der Waals surface area contributed by atoms with Crippen LogP contribution in [0.5, 0.6) is 0 Å². The summed E-state index contributed by atoms with van der Waals surface area (Å²) in [5.41, 5.74) is 0.869. The fourth-order valence-electron chi connectivity index (χ4n) is 1.42. The lowest BCUT2D eigenvalue weighted by atomic mass is 10.2. The Labute approximate surface area is 103 Å². The summed E-state index contributed by atoms with van der Waals surface area (Å²) in [7, 11) is 0. The van der Waals surface area contributed by atoms with Crippen LogP contribution < -0.4 is 5.32 Å². The number of hydrogen-bond acceptors (Lipinski definition) is 1. The molecule has 1 aromatic carbocycles. The molecule has 0 saturated carbocycles. The van der Waals surface area contributed by atoms with Gasteiger partial charge in [0.2, 0.25) is 0 Å². The van der Waals surface area contributed by atoms with Gasteiger partial charge < -0.3 is 10.3 Å². The van der Waals surface area contributed by atoms with Crippen molar-refractivity contribution in [1.82, 2.24) is 10.3 Å². The molecule has 0 saturated heterocycles. The standard InChI is InChI=1S/C12H10ClFN2O/c13-9-1-2-11(14)10(5-9)12(17)16-7-8-3-4-15-6-8/h1-6,15H,7H2,(H,16,17). The first kappa shape index (κ1) is 11.7. The van der Waals surface area contributed by atoms with E-state index in [9.17, 15) is 9.18 Å². The number of benzene rings is 1. The van der Waals surface area contributed by atoms with Crippen molar-refractivity contribution in [3.63, 3.8) is 0 Å². The van der Waals surface area contributed by atoms with Crippen molar-refractivity contribution >= 4 is 17.5 Å². The van der Waals surface area contributed by atoms with Crippen LogP contribution in [0.4, 0.5) is 4.39 Å². The quantitative estimate of drug-likeness (QED) is 0.867. The van der Waals surface area contributed by atoms with Crippen molar-refractivity contribution in [2.24, 2.45) is 0 Å². The Morgan fingerprint density at radius 3 is 2.94 bits per heavy atom.